The Balaban J connectivity index is 2.85. The third-order valence-electron chi connectivity index (χ3n) is 2.90. The Kier molecular flexibility index (Phi) is 3.53. The lowest BCUT2D eigenvalue weighted by Crippen LogP contribution is -2.59. The first-order valence-corrected chi connectivity index (χ1v) is 5.87. The fraction of sp³-hybridized carbons (Fsp3) is 0.308. The van der Waals surface area contributed by atoms with E-state index in [0.717, 1.165) is 6.07 Å². The van der Waals surface area contributed by atoms with Crippen LogP contribution in [-0.4, -0.2) is 12.2 Å². The predicted molar refractivity (Wildman–Crippen MR) is 64.3 cm³/mol. The SMILES string of the molecule is CCC#C[C@]1(C(F)(F)F)NC(=O)Nc2ccc(F)c(F)c21. The number of amides is 2. The van der Waals surface area contributed by atoms with Crippen molar-refractivity contribution in [1.29, 1.82) is 0 Å². The van der Waals surface area contributed by atoms with Crippen LogP contribution < -0.4 is 10.6 Å². The summed E-state index contributed by atoms with van der Waals surface area (Å²) >= 11 is 0. The predicted octanol–water partition coefficient (Wildman–Crippen LogP) is 3.27. The summed E-state index contributed by atoms with van der Waals surface area (Å²) in [6.07, 6.45) is -5.08. The van der Waals surface area contributed by atoms with Crippen molar-refractivity contribution in [1.82, 2.24) is 5.32 Å². The van der Waals surface area contributed by atoms with E-state index in [1.165, 1.54) is 6.92 Å². The number of urea groups is 1. The average molecular weight is 304 g/mol. The van der Waals surface area contributed by atoms with Gasteiger partial charge in [-0.2, -0.15) is 13.2 Å². The largest absolute Gasteiger partial charge is 0.427 e. The number of alkyl halides is 3. The summed E-state index contributed by atoms with van der Waals surface area (Å²) in [5, 5.41) is 3.58. The third kappa shape index (κ3) is 2.28. The summed E-state index contributed by atoms with van der Waals surface area (Å²) in [5.74, 6) is 0.832. The Morgan fingerprint density at radius 3 is 2.52 bits per heavy atom. The molecule has 0 saturated carbocycles. The van der Waals surface area contributed by atoms with E-state index in [1.807, 2.05) is 11.2 Å². The molecule has 0 fully saturated rings. The van der Waals surface area contributed by atoms with E-state index in [-0.39, 0.29) is 6.42 Å². The standard InChI is InChI=1S/C13H9F5N2O/c1-2-3-6-12(13(16,17)18)9-8(19-11(21)20-12)5-4-7(14)10(9)15/h4-5H,2H2,1H3,(H2,19,20,21)/t12-/m0/s1. The number of carbonyl (C=O) groups is 1. The molecule has 1 aromatic carbocycles. The van der Waals surface area contributed by atoms with E-state index < -0.39 is 40.6 Å². The Hall–Kier alpha value is -2.30. The molecule has 1 heterocycles. The minimum absolute atomic E-state index is 0.0490. The maximum atomic E-state index is 13.9. The number of rotatable bonds is 0. The summed E-state index contributed by atoms with van der Waals surface area (Å²) in [6.45, 7) is 1.49. The van der Waals surface area contributed by atoms with Crippen LogP contribution in [0.5, 0.6) is 0 Å². The van der Waals surface area contributed by atoms with Crippen LogP contribution in [0.2, 0.25) is 0 Å². The van der Waals surface area contributed by atoms with Gasteiger partial charge >= 0.3 is 12.2 Å². The van der Waals surface area contributed by atoms with E-state index >= 15 is 0 Å². The maximum absolute atomic E-state index is 13.9. The topological polar surface area (TPSA) is 41.1 Å². The molecule has 0 aromatic heterocycles. The number of halogens is 5. The second-order valence-corrected chi connectivity index (χ2v) is 4.27. The fourth-order valence-corrected chi connectivity index (χ4v) is 2.01. The molecule has 2 amide bonds. The van der Waals surface area contributed by atoms with Crippen molar-refractivity contribution in [3.8, 4) is 11.8 Å². The minimum Gasteiger partial charge on any atom is -0.310 e. The molecular weight excluding hydrogens is 295 g/mol. The molecule has 3 nitrogen and oxygen atoms in total. The fourth-order valence-electron chi connectivity index (χ4n) is 2.01. The molecule has 1 aromatic rings. The lowest BCUT2D eigenvalue weighted by molar-refractivity contribution is -0.179. The van der Waals surface area contributed by atoms with Gasteiger partial charge in [0.1, 0.15) is 0 Å². The average Bonchev–Trinajstić information content (AvgIpc) is 2.38. The molecule has 1 aliphatic rings. The maximum Gasteiger partial charge on any atom is 0.427 e. The summed E-state index contributed by atoms with van der Waals surface area (Å²) in [4.78, 5) is 11.4. The van der Waals surface area contributed by atoms with Gasteiger partial charge in [-0.05, 0) is 12.1 Å². The number of hydrogen-bond acceptors (Lipinski definition) is 1. The molecule has 8 heteroatoms. The zero-order valence-electron chi connectivity index (χ0n) is 10.7. The molecule has 0 bridgehead atoms. The quantitative estimate of drug-likeness (QED) is 0.560. The third-order valence-corrected chi connectivity index (χ3v) is 2.90. The van der Waals surface area contributed by atoms with Crippen LogP contribution in [0, 0.1) is 23.5 Å². The second kappa shape index (κ2) is 4.91. The Labute approximate surface area is 116 Å². The number of carbonyl (C=O) groups excluding carboxylic acids is 1. The highest BCUT2D eigenvalue weighted by Gasteiger charge is 2.60. The molecule has 0 unspecified atom stereocenters. The molecule has 1 atom stereocenters. The molecule has 0 aliphatic carbocycles. The van der Waals surface area contributed by atoms with Crippen LogP contribution in [0.4, 0.5) is 32.4 Å². The van der Waals surface area contributed by atoms with Gasteiger partial charge in [-0.25, -0.2) is 13.6 Å². The summed E-state index contributed by atoms with van der Waals surface area (Å²) in [6, 6.07) is 0.297. The van der Waals surface area contributed by atoms with Crippen molar-refractivity contribution in [3.63, 3.8) is 0 Å². The van der Waals surface area contributed by atoms with Crippen LogP contribution in [0.3, 0.4) is 0 Å². The smallest absolute Gasteiger partial charge is 0.310 e. The van der Waals surface area contributed by atoms with E-state index in [0.29, 0.717) is 6.07 Å². The zero-order chi connectivity index (χ0) is 15.8. The van der Waals surface area contributed by atoms with E-state index in [9.17, 15) is 26.7 Å². The van der Waals surface area contributed by atoms with Crippen molar-refractivity contribution >= 4 is 11.7 Å². The molecule has 112 valence electrons. The molecule has 2 rings (SSSR count). The van der Waals surface area contributed by atoms with Crippen LogP contribution in [0.25, 0.3) is 0 Å². The van der Waals surface area contributed by atoms with Gasteiger partial charge in [0.2, 0.25) is 5.54 Å². The lowest BCUT2D eigenvalue weighted by atomic mass is 9.86. The van der Waals surface area contributed by atoms with Crippen LogP contribution in [0.1, 0.15) is 18.9 Å². The number of benzene rings is 1. The van der Waals surface area contributed by atoms with Crippen LogP contribution in [0.15, 0.2) is 12.1 Å². The normalized spacial score (nSPS) is 20.8. The van der Waals surface area contributed by atoms with Gasteiger partial charge in [-0.15, -0.1) is 5.92 Å². The van der Waals surface area contributed by atoms with Gasteiger partial charge in [-0.3, -0.25) is 0 Å². The highest BCUT2D eigenvalue weighted by molar-refractivity contribution is 5.94. The highest BCUT2D eigenvalue weighted by atomic mass is 19.4. The van der Waals surface area contributed by atoms with Gasteiger partial charge in [0.05, 0.1) is 11.3 Å². The molecule has 2 N–H and O–H groups in total. The molecular formula is C13H9F5N2O. The van der Waals surface area contributed by atoms with Gasteiger partial charge in [0.25, 0.3) is 0 Å². The van der Waals surface area contributed by atoms with Gasteiger partial charge in [0, 0.05) is 6.42 Å². The first kappa shape index (κ1) is 15.1. The first-order chi connectivity index (χ1) is 9.73. The highest BCUT2D eigenvalue weighted by Crippen LogP contribution is 2.45. The Morgan fingerprint density at radius 1 is 1.29 bits per heavy atom. The minimum atomic E-state index is -5.13. The van der Waals surface area contributed by atoms with Crippen LogP contribution in [-0.2, 0) is 5.54 Å². The van der Waals surface area contributed by atoms with Crippen molar-refractivity contribution in [2.45, 2.75) is 25.1 Å². The molecule has 0 spiro atoms. The second-order valence-electron chi connectivity index (χ2n) is 4.27. The van der Waals surface area contributed by atoms with E-state index in [2.05, 4.69) is 5.92 Å². The molecule has 0 saturated heterocycles. The molecule has 0 radical (unpaired) electrons. The van der Waals surface area contributed by atoms with Gasteiger partial charge in [0.15, 0.2) is 11.6 Å². The Bertz CT molecular complexity index is 659. The number of anilines is 1. The van der Waals surface area contributed by atoms with E-state index in [1.54, 1.807) is 5.32 Å². The van der Waals surface area contributed by atoms with Crippen LogP contribution >= 0.6 is 0 Å². The summed E-state index contributed by atoms with van der Waals surface area (Å²) < 4.78 is 67.6. The van der Waals surface area contributed by atoms with E-state index in [4.69, 9.17) is 0 Å². The molecule has 1 aliphatic heterocycles. The number of hydrogen-bond donors (Lipinski definition) is 2. The molecule has 21 heavy (non-hydrogen) atoms. The summed E-state index contributed by atoms with van der Waals surface area (Å²) in [5.41, 5.74) is -4.83. The van der Waals surface area contributed by atoms with Crippen molar-refractivity contribution in [2.24, 2.45) is 0 Å². The van der Waals surface area contributed by atoms with Crippen molar-refractivity contribution in [3.05, 3.63) is 29.3 Å². The van der Waals surface area contributed by atoms with Crippen molar-refractivity contribution in [2.75, 3.05) is 5.32 Å². The number of nitrogens with one attached hydrogen (secondary N) is 2. The summed E-state index contributed by atoms with van der Waals surface area (Å²) in [7, 11) is 0. The lowest BCUT2D eigenvalue weighted by Gasteiger charge is -2.37. The van der Waals surface area contributed by atoms with Gasteiger partial charge < -0.3 is 10.6 Å². The first-order valence-electron chi connectivity index (χ1n) is 5.87. The zero-order valence-corrected chi connectivity index (χ0v) is 10.7. The van der Waals surface area contributed by atoms with Gasteiger partial charge in [-0.1, -0.05) is 12.8 Å². The Morgan fingerprint density at radius 2 is 1.95 bits per heavy atom. The monoisotopic (exact) mass is 304 g/mol. The van der Waals surface area contributed by atoms with Crippen molar-refractivity contribution < 1.29 is 26.7 Å². The number of fused-ring (bicyclic) bond motifs is 1.